The molecule has 0 fully saturated rings. The number of pyridine rings is 1. The first-order valence-electron chi connectivity index (χ1n) is 6.64. The third kappa shape index (κ3) is 3.28. The first-order chi connectivity index (χ1) is 8.85. The van der Waals surface area contributed by atoms with E-state index in [0.717, 1.165) is 11.9 Å². The van der Waals surface area contributed by atoms with Crippen molar-refractivity contribution < 1.29 is 0 Å². The highest BCUT2D eigenvalue weighted by atomic mass is 32.1. The van der Waals surface area contributed by atoms with Crippen LogP contribution >= 0.6 is 11.3 Å². The van der Waals surface area contributed by atoms with Crippen LogP contribution in [0.4, 0.5) is 0 Å². The normalized spacial score (nSPS) is 13.0. The number of hydrogen-bond acceptors (Lipinski definition) is 4. The summed E-state index contributed by atoms with van der Waals surface area (Å²) in [5, 5.41) is 2.08. The molecule has 2 heterocycles. The maximum Gasteiger partial charge on any atom is 0.0809 e. The summed E-state index contributed by atoms with van der Waals surface area (Å²) in [5.41, 5.74) is 5.19. The standard InChI is InChI=1S/C14H21N3S/c1-2-3-4-5-6-12(17-15)11-9-14-13(16-10-11)7-8-18-14/h7-10,12,17H,2-6,15H2,1H3. The van der Waals surface area contributed by atoms with Crippen molar-refractivity contribution in [3.05, 3.63) is 29.3 Å². The minimum Gasteiger partial charge on any atom is -0.271 e. The van der Waals surface area contributed by atoms with Gasteiger partial charge in [-0.1, -0.05) is 32.6 Å². The maximum absolute atomic E-state index is 5.66. The van der Waals surface area contributed by atoms with Gasteiger partial charge in [0.1, 0.15) is 0 Å². The van der Waals surface area contributed by atoms with Gasteiger partial charge in [-0.25, -0.2) is 0 Å². The zero-order valence-electron chi connectivity index (χ0n) is 10.9. The van der Waals surface area contributed by atoms with E-state index < -0.39 is 0 Å². The van der Waals surface area contributed by atoms with Gasteiger partial charge in [-0.3, -0.25) is 16.3 Å². The van der Waals surface area contributed by atoms with E-state index in [0.29, 0.717) is 0 Å². The highest BCUT2D eigenvalue weighted by molar-refractivity contribution is 7.17. The fraction of sp³-hybridized carbons (Fsp3) is 0.500. The maximum atomic E-state index is 5.66. The number of nitrogens with zero attached hydrogens (tertiary/aromatic N) is 1. The second kappa shape index (κ2) is 6.83. The van der Waals surface area contributed by atoms with Crippen LogP contribution in [-0.2, 0) is 0 Å². The molecule has 1 unspecified atom stereocenters. The van der Waals surface area contributed by atoms with Crippen molar-refractivity contribution in [2.24, 2.45) is 5.84 Å². The van der Waals surface area contributed by atoms with E-state index in [1.165, 1.54) is 35.9 Å². The third-order valence-corrected chi connectivity index (χ3v) is 4.13. The van der Waals surface area contributed by atoms with Gasteiger partial charge in [0.2, 0.25) is 0 Å². The van der Waals surface area contributed by atoms with Crippen LogP contribution in [0.3, 0.4) is 0 Å². The highest BCUT2D eigenvalue weighted by Crippen LogP contribution is 2.25. The molecule has 2 rings (SSSR count). The number of unbranched alkanes of at least 4 members (excludes halogenated alkanes) is 3. The van der Waals surface area contributed by atoms with Crippen molar-refractivity contribution in [2.75, 3.05) is 0 Å². The van der Waals surface area contributed by atoms with Crippen molar-refractivity contribution in [3.8, 4) is 0 Å². The molecule has 0 saturated heterocycles. The monoisotopic (exact) mass is 263 g/mol. The number of aromatic nitrogens is 1. The molecule has 2 aromatic heterocycles. The van der Waals surface area contributed by atoms with Crippen molar-refractivity contribution >= 4 is 21.6 Å². The minimum atomic E-state index is 0.223. The second-order valence-electron chi connectivity index (χ2n) is 4.64. The molecule has 3 N–H and O–H groups in total. The average Bonchev–Trinajstić information content (AvgIpc) is 2.86. The van der Waals surface area contributed by atoms with Crippen LogP contribution in [0.5, 0.6) is 0 Å². The molecule has 98 valence electrons. The van der Waals surface area contributed by atoms with Crippen LogP contribution in [-0.4, -0.2) is 4.98 Å². The largest absolute Gasteiger partial charge is 0.271 e. The number of hydrogen-bond donors (Lipinski definition) is 2. The first kappa shape index (κ1) is 13.5. The smallest absolute Gasteiger partial charge is 0.0809 e. The van der Waals surface area contributed by atoms with E-state index in [4.69, 9.17) is 5.84 Å². The molecule has 0 aliphatic carbocycles. The zero-order chi connectivity index (χ0) is 12.8. The van der Waals surface area contributed by atoms with Gasteiger partial charge in [-0.2, -0.15) is 0 Å². The van der Waals surface area contributed by atoms with E-state index in [1.807, 2.05) is 6.20 Å². The average molecular weight is 263 g/mol. The fourth-order valence-corrected chi connectivity index (χ4v) is 2.96. The Bertz CT molecular complexity index is 481. The molecule has 0 bridgehead atoms. The summed E-state index contributed by atoms with van der Waals surface area (Å²) in [5.74, 6) is 5.66. The van der Waals surface area contributed by atoms with Gasteiger partial charge in [-0.15, -0.1) is 11.3 Å². The molecule has 18 heavy (non-hydrogen) atoms. The second-order valence-corrected chi connectivity index (χ2v) is 5.59. The lowest BCUT2D eigenvalue weighted by Crippen LogP contribution is -2.28. The minimum absolute atomic E-state index is 0.223. The predicted octanol–water partition coefficient (Wildman–Crippen LogP) is 3.77. The topological polar surface area (TPSA) is 50.9 Å². The summed E-state index contributed by atoms with van der Waals surface area (Å²) in [6, 6.07) is 4.48. The zero-order valence-corrected chi connectivity index (χ0v) is 11.7. The Balaban J connectivity index is 2.01. The van der Waals surface area contributed by atoms with Crippen LogP contribution in [0.1, 0.15) is 50.6 Å². The summed E-state index contributed by atoms with van der Waals surface area (Å²) < 4.78 is 1.24. The van der Waals surface area contributed by atoms with Gasteiger partial charge >= 0.3 is 0 Å². The quantitative estimate of drug-likeness (QED) is 0.454. The molecular formula is C14H21N3S. The van der Waals surface area contributed by atoms with Crippen LogP contribution in [0.2, 0.25) is 0 Å². The summed E-state index contributed by atoms with van der Waals surface area (Å²) in [4.78, 5) is 4.47. The Labute approximate surface area is 112 Å². The van der Waals surface area contributed by atoms with Gasteiger partial charge in [0.15, 0.2) is 0 Å². The molecular weight excluding hydrogens is 242 g/mol. The Kier molecular flexibility index (Phi) is 5.11. The molecule has 0 aliphatic heterocycles. The molecule has 0 amide bonds. The SMILES string of the molecule is CCCCCCC(NN)c1cnc2ccsc2c1. The Morgan fingerprint density at radius 3 is 3.06 bits per heavy atom. The molecule has 0 saturated carbocycles. The Hall–Kier alpha value is -0.970. The fourth-order valence-electron chi connectivity index (χ4n) is 2.17. The van der Waals surface area contributed by atoms with E-state index in [1.54, 1.807) is 11.3 Å². The van der Waals surface area contributed by atoms with Crippen molar-refractivity contribution in [1.82, 2.24) is 10.4 Å². The number of hydrazine groups is 1. The van der Waals surface area contributed by atoms with E-state index in [9.17, 15) is 0 Å². The van der Waals surface area contributed by atoms with Crippen LogP contribution < -0.4 is 11.3 Å². The van der Waals surface area contributed by atoms with Crippen LogP contribution in [0.25, 0.3) is 10.2 Å². The number of nitrogens with two attached hydrogens (primary N) is 1. The van der Waals surface area contributed by atoms with Crippen LogP contribution in [0, 0.1) is 0 Å². The molecule has 2 aromatic rings. The third-order valence-electron chi connectivity index (χ3n) is 3.27. The van der Waals surface area contributed by atoms with E-state index >= 15 is 0 Å². The van der Waals surface area contributed by atoms with Crippen LogP contribution in [0.15, 0.2) is 23.7 Å². The summed E-state index contributed by atoms with van der Waals surface area (Å²) in [7, 11) is 0. The van der Waals surface area contributed by atoms with Gasteiger partial charge in [0, 0.05) is 12.2 Å². The molecule has 4 heteroatoms. The Morgan fingerprint density at radius 2 is 2.28 bits per heavy atom. The number of rotatable bonds is 7. The van der Waals surface area contributed by atoms with E-state index in [2.05, 4.69) is 34.8 Å². The molecule has 0 spiro atoms. The van der Waals surface area contributed by atoms with Gasteiger partial charge in [-0.05, 0) is 29.5 Å². The van der Waals surface area contributed by atoms with Gasteiger partial charge < -0.3 is 0 Å². The van der Waals surface area contributed by atoms with E-state index in [-0.39, 0.29) is 6.04 Å². The summed E-state index contributed by atoms with van der Waals surface area (Å²) in [6.45, 7) is 2.23. The molecule has 0 aliphatic rings. The first-order valence-corrected chi connectivity index (χ1v) is 7.52. The van der Waals surface area contributed by atoms with Gasteiger partial charge in [0.05, 0.1) is 10.2 Å². The van der Waals surface area contributed by atoms with Crippen molar-refractivity contribution in [3.63, 3.8) is 0 Å². The lowest BCUT2D eigenvalue weighted by atomic mass is 10.0. The lowest BCUT2D eigenvalue weighted by molar-refractivity contribution is 0.481. The molecule has 1 atom stereocenters. The number of nitrogens with one attached hydrogen (secondary N) is 1. The van der Waals surface area contributed by atoms with Crippen molar-refractivity contribution in [1.29, 1.82) is 0 Å². The summed E-state index contributed by atoms with van der Waals surface area (Å²) >= 11 is 1.73. The highest BCUT2D eigenvalue weighted by Gasteiger charge is 2.10. The van der Waals surface area contributed by atoms with Gasteiger partial charge in [0.25, 0.3) is 0 Å². The molecule has 0 radical (unpaired) electrons. The predicted molar refractivity (Wildman–Crippen MR) is 78.4 cm³/mol. The molecule has 3 nitrogen and oxygen atoms in total. The Morgan fingerprint density at radius 1 is 1.39 bits per heavy atom. The number of thiophene rings is 1. The van der Waals surface area contributed by atoms with Crippen molar-refractivity contribution in [2.45, 2.75) is 45.1 Å². The lowest BCUT2D eigenvalue weighted by Gasteiger charge is -2.15. The molecule has 0 aromatic carbocycles. The summed E-state index contributed by atoms with van der Waals surface area (Å²) in [6.07, 6.45) is 8.09. The number of fused-ring (bicyclic) bond motifs is 1.